The molecule has 17 heavy (non-hydrogen) atoms. The van der Waals surface area contributed by atoms with Crippen LogP contribution in [0.4, 0.5) is 0 Å². The lowest BCUT2D eigenvalue weighted by atomic mass is 10.1. The maximum atomic E-state index is 11.8. The molecule has 1 aliphatic carbocycles. The normalized spacial score (nSPS) is 16.5. The van der Waals surface area contributed by atoms with Crippen molar-refractivity contribution < 1.29 is 4.79 Å². The molecule has 4 heteroatoms. The van der Waals surface area contributed by atoms with Crippen molar-refractivity contribution in [3.05, 3.63) is 18.0 Å². The number of hydrogen-bond donors (Lipinski definition) is 1. The third-order valence-electron chi connectivity index (χ3n) is 3.36. The van der Waals surface area contributed by atoms with Crippen LogP contribution in [0.5, 0.6) is 0 Å². The first kappa shape index (κ1) is 12.3. The summed E-state index contributed by atoms with van der Waals surface area (Å²) in [5, 5.41) is 7.51. The van der Waals surface area contributed by atoms with Crippen molar-refractivity contribution in [3.8, 4) is 0 Å². The van der Waals surface area contributed by atoms with Crippen molar-refractivity contribution in [2.75, 3.05) is 6.54 Å². The molecule has 1 aliphatic rings. The van der Waals surface area contributed by atoms with E-state index in [1.54, 1.807) is 6.20 Å². The number of rotatable bonds is 6. The molecule has 0 amide bonds. The van der Waals surface area contributed by atoms with E-state index in [0.717, 1.165) is 12.1 Å². The quantitative estimate of drug-likeness (QED) is 0.813. The topological polar surface area (TPSA) is 46.9 Å². The molecule has 0 saturated heterocycles. The van der Waals surface area contributed by atoms with Gasteiger partial charge in [-0.2, -0.15) is 5.10 Å². The third kappa shape index (κ3) is 3.66. The second-order valence-electron chi connectivity index (χ2n) is 4.78. The number of aromatic nitrogens is 2. The van der Waals surface area contributed by atoms with E-state index in [2.05, 4.69) is 10.4 Å². The number of Topliss-reactive ketones (excluding diaryl/α,β-unsaturated/α-hetero) is 1. The van der Waals surface area contributed by atoms with Gasteiger partial charge in [-0.15, -0.1) is 0 Å². The largest absolute Gasteiger partial charge is 0.307 e. The lowest BCUT2D eigenvalue weighted by Crippen LogP contribution is -2.32. The first-order chi connectivity index (χ1) is 8.28. The van der Waals surface area contributed by atoms with Crippen LogP contribution >= 0.6 is 0 Å². The molecule has 4 nitrogen and oxygen atoms in total. The Balaban J connectivity index is 1.72. The fourth-order valence-electron chi connectivity index (χ4n) is 2.35. The van der Waals surface area contributed by atoms with Crippen molar-refractivity contribution in [3.63, 3.8) is 0 Å². The van der Waals surface area contributed by atoms with Crippen LogP contribution in [0.1, 0.15) is 38.2 Å². The van der Waals surface area contributed by atoms with Gasteiger partial charge in [-0.1, -0.05) is 12.8 Å². The Hall–Kier alpha value is -1.16. The van der Waals surface area contributed by atoms with Gasteiger partial charge in [0.05, 0.1) is 12.7 Å². The smallest absolute Gasteiger partial charge is 0.151 e. The highest BCUT2D eigenvalue weighted by Crippen LogP contribution is 2.17. The van der Waals surface area contributed by atoms with Crippen molar-refractivity contribution in [1.82, 2.24) is 15.1 Å². The Morgan fingerprint density at radius 1 is 1.53 bits per heavy atom. The molecule has 1 N–H and O–H groups in total. The minimum Gasteiger partial charge on any atom is -0.307 e. The number of nitrogens with zero attached hydrogens (tertiary/aromatic N) is 2. The number of nitrogens with one attached hydrogen (secondary N) is 1. The molecule has 1 aromatic rings. The highest BCUT2D eigenvalue weighted by molar-refractivity contribution is 5.82. The molecule has 94 valence electrons. The molecule has 0 aromatic carbocycles. The Morgan fingerprint density at radius 3 is 2.94 bits per heavy atom. The number of ketones is 1. The number of aryl methyl sites for hydroxylation is 1. The maximum Gasteiger partial charge on any atom is 0.151 e. The van der Waals surface area contributed by atoms with Crippen LogP contribution in [0.15, 0.2) is 12.4 Å². The fraction of sp³-hybridized carbons (Fsp3) is 0.692. The lowest BCUT2D eigenvalue weighted by Gasteiger charge is -2.10. The molecule has 1 heterocycles. The summed E-state index contributed by atoms with van der Waals surface area (Å²) >= 11 is 0. The molecular formula is C13H21N3O. The zero-order valence-electron chi connectivity index (χ0n) is 10.5. The predicted octanol–water partition coefficient (Wildman–Crippen LogP) is 1.55. The maximum absolute atomic E-state index is 11.8. The minimum atomic E-state index is 0.257. The van der Waals surface area contributed by atoms with Gasteiger partial charge in [0, 0.05) is 25.2 Å². The number of hydrogen-bond acceptors (Lipinski definition) is 3. The van der Waals surface area contributed by atoms with Crippen molar-refractivity contribution in [1.29, 1.82) is 0 Å². The zero-order chi connectivity index (χ0) is 12.1. The van der Waals surface area contributed by atoms with Gasteiger partial charge < -0.3 is 5.32 Å². The first-order valence-electron chi connectivity index (χ1n) is 6.54. The molecule has 0 bridgehead atoms. The van der Waals surface area contributed by atoms with Crippen LogP contribution in [-0.2, 0) is 17.8 Å². The van der Waals surface area contributed by atoms with Gasteiger partial charge in [-0.25, -0.2) is 0 Å². The van der Waals surface area contributed by atoms with E-state index in [0.29, 0.717) is 19.0 Å². The van der Waals surface area contributed by atoms with Crippen LogP contribution in [0.3, 0.4) is 0 Å². The highest BCUT2D eigenvalue weighted by Gasteiger charge is 2.15. The average molecular weight is 235 g/mol. The summed E-state index contributed by atoms with van der Waals surface area (Å²) in [5.41, 5.74) is 1.02. The van der Waals surface area contributed by atoms with Gasteiger partial charge >= 0.3 is 0 Å². The number of carbonyl (C=O) groups excluding carboxylic acids is 1. The van der Waals surface area contributed by atoms with E-state index >= 15 is 0 Å². The predicted molar refractivity (Wildman–Crippen MR) is 66.9 cm³/mol. The summed E-state index contributed by atoms with van der Waals surface area (Å²) in [6.07, 6.45) is 9.29. The van der Waals surface area contributed by atoms with E-state index in [-0.39, 0.29) is 5.78 Å². The van der Waals surface area contributed by atoms with Gasteiger partial charge in [-0.05, 0) is 25.3 Å². The number of carbonyl (C=O) groups is 1. The monoisotopic (exact) mass is 235 g/mol. The van der Waals surface area contributed by atoms with Gasteiger partial charge in [0.2, 0.25) is 0 Å². The van der Waals surface area contributed by atoms with Gasteiger partial charge in [-0.3, -0.25) is 9.48 Å². The minimum absolute atomic E-state index is 0.257. The lowest BCUT2D eigenvalue weighted by molar-refractivity contribution is -0.117. The molecule has 1 aromatic heterocycles. The Kier molecular flexibility index (Phi) is 4.31. The standard InChI is InChI=1S/C13H21N3O/c1-2-16-10-11(8-15-16)7-13(17)9-14-12-5-3-4-6-12/h8,10,12,14H,2-7,9H2,1H3. The van der Waals surface area contributed by atoms with Gasteiger partial charge in [0.1, 0.15) is 0 Å². The van der Waals surface area contributed by atoms with Crippen LogP contribution in [0.2, 0.25) is 0 Å². The first-order valence-corrected chi connectivity index (χ1v) is 6.54. The van der Waals surface area contributed by atoms with E-state index in [9.17, 15) is 4.79 Å². The zero-order valence-corrected chi connectivity index (χ0v) is 10.5. The molecule has 2 rings (SSSR count). The van der Waals surface area contributed by atoms with Crippen LogP contribution in [0.25, 0.3) is 0 Å². The molecule has 0 radical (unpaired) electrons. The second kappa shape index (κ2) is 5.96. The SMILES string of the molecule is CCn1cc(CC(=O)CNC2CCCC2)cn1. The molecule has 0 aliphatic heterocycles. The molecule has 0 spiro atoms. The van der Waals surface area contributed by atoms with Crippen LogP contribution in [-0.4, -0.2) is 28.2 Å². The average Bonchev–Trinajstić information content (AvgIpc) is 2.97. The van der Waals surface area contributed by atoms with Crippen LogP contribution < -0.4 is 5.32 Å². The van der Waals surface area contributed by atoms with E-state index in [1.807, 2.05) is 17.8 Å². The Bertz CT molecular complexity index is 366. The highest BCUT2D eigenvalue weighted by atomic mass is 16.1. The summed E-state index contributed by atoms with van der Waals surface area (Å²) in [5.74, 6) is 0.257. The Labute approximate surface area is 102 Å². The van der Waals surface area contributed by atoms with E-state index in [1.165, 1.54) is 25.7 Å². The van der Waals surface area contributed by atoms with Crippen molar-refractivity contribution in [2.45, 2.75) is 51.6 Å². The second-order valence-corrected chi connectivity index (χ2v) is 4.78. The molecule has 0 unspecified atom stereocenters. The van der Waals surface area contributed by atoms with Crippen molar-refractivity contribution >= 4 is 5.78 Å². The van der Waals surface area contributed by atoms with Gasteiger partial charge in [0.25, 0.3) is 0 Å². The molecule has 1 saturated carbocycles. The summed E-state index contributed by atoms with van der Waals surface area (Å²) in [4.78, 5) is 11.8. The summed E-state index contributed by atoms with van der Waals surface area (Å²) in [6.45, 7) is 3.40. The van der Waals surface area contributed by atoms with E-state index < -0.39 is 0 Å². The summed E-state index contributed by atoms with van der Waals surface area (Å²) in [6, 6.07) is 0.567. The molecular weight excluding hydrogens is 214 g/mol. The fourth-order valence-corrected chi connectivity index (χ4v) is 2.35. The molecule has 0 atom stereocenters. The molecule has 1 fully saturated rings. The summed E-state index contributed by atoms with van der Waals surface area (Å²) in [7, 11) is 0. The van der Waals surface area contributed by atoms with Crippen LogP contribution in [0, 0.1) is 0 Å². The Morgan fingerprint density at radius 2 is 2.29 bits per heavy atom. The third-order valence-corrected chi connectivity index (χ3v) is 3.36. The van der Waals surface area contributed by atoms with Gasteiger partial charge in [0.15, 0.2) is 5.78 Å². The van der Waals surface area contributed by atoms with E-state index in [4.69, 9.17) is 0 Å². The van der Waals surface area contributed by atoms with Crippen molar-refractivity contribution in [2.24, 2.45) is 0 Å². The summed E-state index contributed by atoms with van der Waals surface area (Å²) < 4.78 is 1.85.